The van der Waals surface area contributed by atoms with E-state index in [0.717, 1.165) is 16.7 Å². The Bertz CT molecular complexity index is 361. The van der Waals surface area contributed by atoms with Crippen molar-refractivity contribution in [2.75, 3.05) is 7.11 Å². The van der Waals surface area contributed by atoms with E-state index in [2.05, 4.69) is 0 Å². The molecular formula is C12H17ClO2. The largest absolute Gasteiger partial charge is 0.496 e. The minimum atomic E-state index is -0.516. The summed E-state index contributed by atoms with van der Waals surface area (Å²) in [7, 11) is 1.61. The molecule has 0 aliphatic carbocycles. The standard InChI is InChI=1S/C12H17ClO2/c1-5-9(14)11-8(3)12(13)7(2)6-10(11)15-4/h6,9,14H,5H2,1-4H3. The number of aryl methyl sites for hydroxylation is 1. The summed E-state index contributed by atoms with van der Waals surface area (Å²) < 4.78 is 5.27. The van der Waals surface area contributed by atoms with E-state index in [1.807, 2.05) is 26.8 Å². The molecule has 0 aliphatic heterocycles. The summed E-state index contributed by atoms with van der Waals surface area (Å²) in [5, 5.41) is 10.6. The molecule has 0 bridgehead atoms. The Morgan fingerprint density at radius 2 is 2.07 bits per heavy atom. The quantitative estimate of drug-likeness (QED) is 0.859. The van der Waals surface area contributed by atoms with Gasteiger partial charge in [0.25, 0.3) is 0 Å². The number of aliphatic hydroxyl groups is 1. The highest BCUT2D eigenvalue weighted by atomic mass is 35.5. The molecule has 1 unspecified atom stereocenters. The number of rotatable bonds is 3. The Morgan fingerprint density at radius 1 is 1.47 bits per heavy atom. The van der Waals surface area contributed by atoms with Gasteiger partial charge in [-0.25, -0.2) is 0 Å². The fraction of sp³-hybridized carbons (Fsp3) is 0.500. The zero-order chi connectivity index (χ0) is 11.6. The van der Waals surface area contributed by atoms with Crippen LogP contribution < -0.4 is 4.74 Å². The number of halogens is 1. The Morgan fingerprint density at radius 3 is 2.53 bits per heavy atom. The Balaban J connectivity index is 3.40. The highest BCUT2D eigenvalue weighted by molar-refractivity contribution is 6.32. The van der Waals surface area contributed by atoms with E-state index in [9.17, 15) is 5.11 Å². The third-order valence-electron chi connectivity index (χ3n) is 2.63. The molecule has 0 aliphatic rings. The molecule has 0 saturated heterocycles. The van der Waals surface area contributed by atoms with Crippen molar-refractivity contribution < 1.29 is 9.84 Å². The maximum atomic E-state index is 9.90. The molecule has 0 fully saturated rings. The highest BCUT2D eigenvalue weighted by Crippen LogP contribution is 2.36. The molecule has 0 saturated carbocycles. The molecule has 1 rings (SSSR count). The molecule has 0 aromatic heterocycles. The van der Waals surface area contributed by atoms with Crippen LogP contribution in [-0.4, -0.2) is 12.2 Å². The lowest BCUT2D eigenvalue weighted by atomic mass is 9.98. The van der Waals surface area contributed by atoms with Crippen molar-refractivity contribution in [3.05, 3.63) is 27.8 Å². The van der Waals surface area contributed by atoms with E-state index < -0.39 is 6.10 Å². The van der Waals surface area contributed by atoms with Crippen LogP contribution >= 0.6 is 11.6 Å². The molecule has 1 atom stereocenters. The zero-order valence-electron chi connectivity index (χ0n) is 9.60. The van der Waals surface area contributed by atoms with E-state index >= 15 is 0 Å². The second-order valence-corrected chi connectivity index (χ2v) is 4.05. The number of ether oxygens (including phenoxy) is 1. The van der Waals surface area contributed by atoms with Crippen LogP contribution in [0.3, 0.4) is 0 Å². The van der Waals surface area contributed by atoms with Crippen LogP contribution in [0.4, 0.5) is 0 Å². The minimum absolute atomic E-state index is 0.516. The first-order valence-corrected chi connectivity index (χ1v) is 5.42. The molecule has 15 heavy (non-hydrogen) atoms. The summed E-state index contributed by atoms with van der Waals surface area (Å²) in [5.74, 6) is 0.712. The van der Waals surface area contributed by atoms with Gasteiger partial charge in [0.1, 0.15) is 5.75 Å². The first kappa shape index (κ1) is 12.3. The predicted octanol–water partition coefficient (Wildman–Crippen LogP) is 3.41. The second-order valence-electron chi connectivity index (χ2n) is 3.67. The summed E-state index contributed by atoms with van der Waals surface area (Å²) >= 11 is 6.15. The number of hydrogen-bond acceptors (Lipinski definition) is 2. The van der Waals surface area contributed by atoms with Gasteiger partial charge in [0.2, 0.25) is 0 Å². The van der Waals surface area contributed by atoms with Crippen molar-refractivity contribution in [1.29, 1.82) is 0 Å². The lowest BCUT2D eigenvalue weighted by molar-refractivity contribution is 0.168. The summed E-state index contributed by atoms with van der Waals surface area (Å²) in [6.07, 6.45) is 0.134. The van der Waals surface area contributed by atoms with E-state index in [-0.39, 0.29) is 0 Å². The van der Waals surface area contributed by atoms with Gasteiger partial charge in [-0.3, -0.25) is 0 Å². The number of hydrogen-bond donors (Lipinski definition) is 1. The Labute approximate surface area is 95.8 Å². The third kappa shape index (κ3) is 2.27. The van der Waals surface area contributed by atoms with Crippen molar-refractivity contribution in [1.82, 2.24) is 0 Å². The molecule has 1 aromatic rings. The monoisotopic (exact) mass is 228 g/mol. The Hall–Kier alpha value is -0.730. The lowest BCUT2D eigenvalue weighted by Crippen LogP contribution is -2.03. The average Bonchev–Trinajstić information content (AvgIpc) is 2.24. The molecule has 0 spiro atoms. The van der Waals surface area contributed by atoms with Crippen molar-refractivity contribution in [3.63, 3.8) is 0 Å². The lowest BCUT2D eigenvalue weighted by Gasteiger charge is -2.18. The van der Waals surface area contributed by atoms with Crippen molar-refractivity contribution in [2.24, 2.45) is 0 Å². The highest BCUT2D eigenvalue weighted by Gasteiger charge is 2.18. The van der Waals surface area contributed by atoms with Gasteiger partial charge in [-0.05, 0) is 37.5 Å². The van der Waals surface area contributed by atoms with E-state index in [1.165, 1.54) is 0 Å². The summed E-state index contributed by atoms with van der Waals surface area (Å²) in [6, 6.07) is 1.86. The van der Waals surface area contributed by atoms with Crippen molar-refractivity contribution in [3.8, 4) is 5.75 Å². The van der Waals surface area contributed by atoms with Crippen LogP contribution in [0.2, 0.25) is 5.02 Å². The number of methoxy groups -OCH3 is 1. The molecule has 1 N–H and O–H groups in total. The molecule has 1 aromatic carbocycles. The van der Waals surface area contributed by atoms with Crippen LogP contribution in [0.25, 0.3) is 0 Å². The normalized spacial score (nSPS) is 12.7. The average molecular weight is 229 g/mol. The van der Waals surface area contributed by atoms with Gasteiger partial charge < -0.3 is 9.84 Å². The van der Waals surface area contributed by atoms with Crippen LogP contribution in [-0.2, 0) is 0 Å². The zero-order valence-corrected chi connectivity index (χ0v) is 10.4. The van der Waals surface area contributed by atoms with Crippen LogP contribution in [0.5, 0.6) is 5.75 Å². The van der Waals surface area contributed by atoms with Gasteiger partial charge in [0.05, 0.1) is 13.2 Å². The summed E-state index contributed by atoms with van der Waals surface area (Å²) in [6.45, 7) is 5.77. The summed E-state index contributed by atoms with van der Waals surface area (Å²) in [4.78, 5) is 0. The molecule has 3 heteroatoms. The topological polar surface area (TPSA) is 29.5 Å². The minimum Gasteiger partial charge on any atom is -0.496 e. The van der Waals surface area contributed by atoms with Gasteiger partial charge >= 0.3 is 0 Å². The number of aliphatic hydroxyl groups excluding tert-OH is 1. The first-order valence-electron chi connectivity index (χ1n) is 5.04. The van der Waals surface area contributed by atoms with Gasteiger partial charge in [0.15, 0.2) is 0 Å². The van der Waals surface area contributed by atoms with Crippen LogP contribution in [0, 0.1) is 13.8 Å². The van der Waals surface area contributed by atoms with Crippen molar-refractivity contribution >= 4 is 11.6 Å². The fourth-order valence-corrected chi connectivity index (χ4v) is 1.88. The smallest absolute Gasteiger partial charge is 0.125 e. The van der Waals surface area contributed by atoms with Gasteiger partial charge in [0, 0.05) is 10.6 Å². The fourth-order valence-electron chi connectivity index (χ4n) is 1.72. The molecular weight excluding hydrogens is 212 g/mol. The molecule has 0 heterocycles. The first-order chi connectivity index (χ1) is 7.02. The molecule has 0 radical (unpaired) electrons. The van der Waals surface area contributed by atoms with Crippen molar-refractivity contribution in [2.45, 2.75) is 33.3 Å². The van der Waals surface area contributed by atoms with Gasteiger partial charge in [-0.2, -0.15) is 0 Å². The van der Waals surface area contributed by atoms with E-state index in [4.69, 9.17) is 16.3 Å². The summed E-state index contributed by atoms with van der Waals surface area (Å²) in [5.41, 5.74) is 2.68. The van der Waals surface area contributed by atoms with E-state index in [1.54, 1.807) is 7.11 Å². The number of benzene rings is 1. The van der Waals surface area contributed by atoms with Crippen LogP contribution in [0.1, 0.15) is 36.1 Å². The maximum Gasteiger partial charge on any atom is 0.125 e. The third-order valence-corrected chi connectivity index (χ3v) is 3.21. The van der Waals surface area contributed by atoms with E-state index in [0.29, 0.717) is 17.2 Å². The SMILES string of the molecule is CCC(O)c1c(OC)cc(C)c(Cl)c1C. The molecule has 84 valence electrons. The molecule has 2 nitrogen and oxygen atoms in total. The van der Waals surface area contributed by atoms with Gasteiger partial charge in [-0.15, -0.1) is 0 Å². The van der Waals surface area contributed by atoms with Gasteiger partial charge in [-0.1, -0.05) is 18.5 Å². The second kappa shape index (κ2) is 4.86. The maximum absolute atomic E-state index is 9.90. The van der Waals surface area contributed by atoms with Crippen LogP contribution in [0.15, 0.2) is 6.07 Å². The Kier molecular flexibility index (Phi) is 4.00. The predicted molar refractivity (Wildman–Crippen MR) is 62.7 cm³/mol. The molecule has 0 amide bonds.